The first-order valence-electron chi connectivity index (χ1n) is 9.37. The molecule has 1 saturated heterocycles. The van der Waals surface area contributed by atoms with Crippen LogP contribution in [-0.2, 0) is 4.74 Å². The average Bonchev–Trinajstić information content (AvgIpc) is 2.65. The van der Waals surface area contributed by atoms with Gasteiger partial charge >= 0.3 is 0 Å². The van der Waals surface area contributed by atoms with Crippen molar-refractivity contribution in [3.8, 4) is 11.1 Å². The Bertz CT molecular complexity index is 764. The van der Waals surface area contributed by atoms with Crippen LogP contribution < -0.4 is 0 Å². The van der Waals surface area contributed by atoms with Crippen molar-refractivity contribution in [3.05, 3.63) is 58.9 Å². The average molecular weight is 362 g/mol. The van der Waals surface area contributed by atoms with Gasteiger partial charge in [0.1, 0.15) is 5.82 Å². The summed E-state index contributed by atoms with van der Waals surface area (Å²) in [4.78, 5) is 0. The highest BCUT2D eigenvalue weighted by Gasteiger charge is 2.24. The van der Waals surface area contributed by atoms with Gasteiger partial charge in [-0.05, 0) is 49.3 Å². The van der Waals surface area contributed by atoms with Crippen LogP contribution in [-0.4, -0.2) is 6.61 Å². The fourth-order valence-corrected chi connectivity index (χ4v) is 3.59. The van der Waals surface area contributed by atoms with Crippen LogP contribution in [0.3, 0.4) is 0 Å². The van der Waals surface area contributed by atoms with Crippen LogP contribution >= 0.6 is 0 Å². The summed E-state index contributed by atoms with van der Waals surface area (Å²) in [5.74, 6) is -1.91. The lowest BCUT2D eigenvalue weighted by molar-refractivity contribution is -0.0199. The lowest BCUT2D eigenvalue weighted by atomic mass is 9.90. The Kier molecular flexibility index (Phi) is 6.02. The standard InChI is InChI=1S/C22H25F3O/c1-3-4-5-15-7-11-20(26-13-15)16-8-10-17(19(23)12-16)18-9-6-14(2)21(24)22(18)25/h6,8-10,12,15,20H,3-5,7,11,13H2,1-2H3. The molecule has 1 nitrogen and oxygen atoms in total. The molecule has 1 aliphatic heterocycles. The van der Waals surface area contributed by atoms with E-state index in [1.807, 2.05) is 0 Å². The first-order chi connectivity index (χ1) is 12.5. The minimum absolute atomic E-state index is 0.0543. The van der Waals surface area contributed by atoms with Crippen molar-refractivity contribution in [2.75, 3.05) is 6.61 Å². The molecule has 2 unspecified atom stereocenters. The molecular weight excluding hydrogens is 337 g/mol. The van der Waals surface area contributed by atoms with Gasteiger partial charge in [0.05, 0.1) is 12.7 Å². The molecule has 0 saturated carbocycles. The van der Waals surface area contributed by atoms with Crippen LogP contribution in [0.2, 0.25) is 0 Å². The van der Waals surface area contributed by atoms with Crippen LogP contribution in [0.1, 0.15) is 56.3 Å². The first kappa shape index (κ1) is 19.0. The van der Waals surface area contributed by atoms with E-state index in [0.717, 1.165) is 18.4 Å². The molecule has 0 radical (unpaired) electrons. The summed E-state index contributed by atoms with van der Waals surface area (Å²) in [6.45, 7) is 4.36. The number of hydrogen-bond donors (Lipinski definition) is 0. The van der Waals surface area contributed by atoms with Crippen molar-refractivity contribution in [1.82, 2.24) is 0 Å². The van der Waals surface area contributed by atoms with Crippen LogP contribution in [0.4, 0.5) is 13.2 Å². The van der Waals surface area contributed by atoms with Crippen molar-refractivity contribution < 1.29 is 17.9 Å². The lowest BCUT2D eigenvalue weighted by Gasteiger charge is -2.29. The predicted molar refractivity (Wildman–Crippen MR) is 97.4 cm³/mol. The van der Waals surface area contributed by atoms with Gasteiger partial charge in [-0.15, -0.1) is 0 Å². The second kappa shape index (κ2) is 8.26. The van der Waals surface area contributed by atoms with Gasteiger partial charge in [-0.3, -0.25) is 0 Å². The van der Waals surface area contributed by atoms with Crippen LogP contribution in [0.15, 0.2) is 30.3 Å². The minimum atomic E-state index is -1.01. The molecule has 2 aromatic carbocycles. The van der Waals surface area contributed by atoms with Crippen molar-refractivity contribution in [3.63, 3.8) is 0 Å². The first-order valence-corrected chi connectivity index (χ1v) is 9.37. The number of ether oxygens (including phenoxy) is 1. The van der Waals surface area contributed by atoms with E-state index in [1.165, 1.54) is 50.5 Å². The number of hydrogen-bond acceptors (Lipinski definition) is 1. The quantitative estimate of drug-likeness (QED) is 0.572. The van der Waals surface area contributed by atoms with Crippen LogP contribution in [0.5, 0.6) is 0 Å². The van der Waals surface area contributed by atoms with Crippen LogP contribution in [0.25, 0.3) is 11.1 Å². The van der Waals surface area contributed by atoms with E-state index in [0.29, 0.717) is 12.5 Å². The highest BCUT2D eigenvalue weighted by atomic mass is 19.2. The molecule has 2 aromatic rings. The Balaban J connectivity index is 1.76. The Labute approximate surface area is 153 Å². The Morgan fingerprint density at radius 1 is 1.00 bits per heavy atom. The second-order valence-electron chi connectivity index (χ2n) is 7.20. The minimum Gasteiger partial charge on any atom is -0.373 e. The van der Waals surface area contributed by atoms with E-state index < -0.39 is 17.5 Å². The van der Waals surface area contributed by atoms with Crippen LogP contribution in [0, 0.1) is 30.3 Å². The summed E-state index contributed by atoms with van der Waals surface area (Å²) in [7, 11) is 0. The second-order valence-corrected chi connectivity index (χ2v) is 7.20. The topological polar surface area (TPSA) is 9.23 Å². The van der Waals surface area contributed by atoms with Gasteiger partial charge in [0.2, 0.25) is 0 Å². The van der Waals surface area contributed by atoms with Gasteiger partial charge in [-0.2, -0.15) is 0 Å². The van der Waals surface area contributed by atoms with E-state index in [4.69, 9.17) is 4.74 Å². The van der Waals surface area contributed by atoms with Gasteiger partial charge < -0.3 is 4.74 Å². The van der Waals surface area contributed by atoms with E-state index in [-0.39, 0.29) is 22.8 Å². The maximum absolute atomic E-state index is 14.6. The third-order valence-electron chi connectivity index (χ3n) is 5.27. The van der Waals surface area contributed by atoms with Gasteiger partial charge in [0.25, 0.3) is 0 Å². The highest BCUT2D eigenvalue weighted by molar-refractivity contribution is 5.66. The molecule has 4 heteroatoms. The number of aryl methyl sites for hydroxylation is 1. The molecule has 0 spiro atoms. The van der Waals surface area contributed by atoms with Gasteiger partial charge in [-0.1, -0.05) is 44.0 Å². The van der Waals surface area contributed by atoms with E-state index >= 15 is 0 Å². The van der Waals surface area contributed by atoms with Crippen molar-refractivity contribution in [2.24, 2.45) is 5.92 Å². The van der Waals surface area contributed by atoms with Gasteiger partial charge in [0.15, 0.2) is 11.6 Å². The molecule has 1 aliphatic rings. The van der Waals surface area contributed by atoms with Crippen molar-refractivity contribution in [2.45, 2.75) is 52.1 Å². The van der Waals surface area contributed by atoms with Gasteiger partial charge in [-0.25, -0.2) is 13.2 Å². The molecule has 0 bridgehead atoms. The maximum Gasteiger partial charge on any atom is 0.167 e. The largest absolute Gasteiger partial charge is 0.373 e. The smallest absolute Gasteiger partial charge is 0.167 e. The monoisotopic (exact) mass is 362 g/mol. The summed E-state index contributed by atoms with van der Waals surface area (Å²) in [6, 6.07) is 7.55. The Morgan fingerprint density at radius 2 is 1.77 bits per heavy atom. The molecule has 0 aliphatic carbocycles. The Morgan fingerprint density at radius 3 is 2.42 bits per heavy atom. The Hall–Kier alpha value is -1.81. The zero-order valence-electron chi connectivity index (χ0n) is 15.3. The summed E-state index contributed by atoms with van der Waals surface area (Å²) in [6.07, 6.45) is 5.38. The summed E-state index contributed by atoms with van der Waals surface area (Å²) in [5.41, 5.74) is 0.979. The summed E-state index contributed by atoms with van der Waals surface area (Å²) >= 11 is 0. The molecule has 26 heavy (non-hydrogen) atoms. The summed E-state index contributed by atoms with van der Waals surface area (Å²) < 4.78 is 48.5. The maximum atomic E-state index is 14.6. The lowest BCUT2D eigenvalue weighted by Crippen LogP contribution is -2.20. The number of halogens is 3. The SMILES string of the molecule is CCCCC1CCC(c2ccc(-c3ccc(C)c(F)c3F)c(F)c2)OC1. The molecule has 3 rings (SSSR count). The van der Waals surface area contributed by atoms with E-state index in [1.54, 1.807) is 6.07 Å². The molecule has 1 fully saturated rings. The van der Waals surface area contributed by atoms with Gasteiger partial charge in [0, 0.05) is 11.1 Å². The third-order valence-corrected chi connectivity index (χ3v) is 5.27. The molecule has 2 atom stereocenters. The predicted octanol–water partition coefficient (Wildman–Crippen LogP) is 6.74. The molecule has 0 amide bonds. The fraction of sp³-hybridized carbons (Fsp3) is 0.455. The van der Waals surface area contributed by atoms with Crippen molar-refractivity contribution >= 4 is 0 Å². The molecule has 1 heterocycles. The molecule has 0 aromatic heterocycles. The molecule has 0 N–H and O–H groups in total. The van der Waals surface area contributed by atoms with Crippen molar-refractivity contribution in [1.29, 1.82) is 0 Å². The normalized spacial score (nSPS) is 20.3. The molecular formula is C22H25F3O. The summed E-state index contributed by atoms with van der Waals surface area (Å²) in [5, 5.41) is 0. The highest BCUT2D eigenvalue weighted by Crippen LogP contribution is 2.35. The zero-order valence-corrected chi connectivity index (χ0v) is 15.3. The fourth-order valence-electron chi connectivity index (χ4n) is 3.59. The number of rotatable bonds is 5. The van der Waals surface area contributed by atoms with E-state index in [9.17, 15) is 13.2 Å². The molecule has 140 valence electrons. The number of unbranched alkanes of at least 4 members (excludes halogenated alkanes) is 1. The third kappa shape index (κ3) is 3.96. The zero-order chi connectivity index (χ0) is 18.7. The van der Waals surface area contributed by atoms with E-state index in [2.05, 4.69) is 6.92 Å². The number of benzene rings is 2.